The number of unbranched alkanes of at least 4 members (excludes halogenated alkanes) is 8. The summed E-state index contributed by atoms with van der Waals surface area (Å²) in [5.41, 5.74) is 0. The Kier molecular flexibility index (Phi) is 9.48. The van der Waals surface area contributed by atoms with Gasteiger partial charge in [-0.2, -0.15) is 0 Å². The van der Waals surface area contributed by atoms with E-state index in [2.05, 4.69) is 35.8 Å². The van der Waals surface area contributed by atoms with Gasteiger partial charge in [0.05, 0.1) is 6.54 Å². The standard InChI is InChI=1S/C17H31N2/c1-3-5-7-8-9-10-11-12-15-19-16-14-18-17(19)13-6-4-2/h14,16H,1,3-13,15H2,2H3/p+1. The molecule has 0 aliphatic rings. The van der Waals surface area contributed by atoms with Gasteiger partial charge in [-0.3, -0.25) is 0 Å². The van der Waals surface area contributed by atoms with Crippen molar-refractivity contribution in [3.63, 3.8) is 0 Å². The minimum atomic E-state index is 1.10. The molecular weight excluding hydrogens is 232 g/mol. The van der Waals surface area contributed by atoms with Crippen LogP contribution in [0.3, 0.4) is 0 Å². The second-order valence-electron chi connectivity index (χ2n) is 5.53. The molecule has 1 radical (unpaired) electrons. The maximum atomic E-state index is 3.89. The summed E-state index contributed by atoms with van der Waals surface area (Å²) in [6.45, 7) is 7.32. The highest BCUT2D eigenvalue weighted by Gasteiger charge is 2.08. The van der Waals surface area contributed by atoms with Crippen LogP contribution in [0.5, 0.6) is 0 Å². The van der Waals surface area contributed by atoms with Crippen LogP contribution < -0.4 is 4.57 Å². The molecule has 0 unspecified atom stereocenters. The molecule has 0 saturated heterocycles. The summed E-state index contributed by atoms with van der Waals surface area (Å²) in [4.78, 5) is 3.37. The molecule has 109 valence electrons. The van der Waals surface area contributed by atoms with Crippen LogP contribution >= 0.6 is 0 Å². The highest BCUT2D eigenvalue weighted by atomic mass is 15.1. The van der Waals surface area contributed by atoms with Crippen molar-refractivity contribution in [2.24, 2.45) is 0 Å². The first-order valence-corrected chi connectivity index (χ1v) is 8.23. The predicted molar refractivity (Wildman–Crippen MR) is 81.9 cm³/mol. The van der Waals surface area contributed by atoms with E-state index in [0.717, 1.165) is 6.42 Å². The Balaban J connectivity index is 2.04. The molecule has 0 aliphatic carbocycles. The molecule has 0 amide bonds. The van der Waals surface area contributed by atoms with Crippen LogP contribution in [0.1, 0.15) is 77.0 Å². The lowest BCUT2D eigenvalue weighted by Crippen LogP contribution is -2.36. The molecule has 1 aromatic rings. The second kappa shape index (κ2) is 11.1. The Morgan fingerprint density at radius 3 is 2.37 bits per heavy atom. The van der Waals surface area contributed by atoms with Gasteiger partial charge >= 0.3 is 0 Å². The van der Waals surface area contributed by atoms with E-state index in [1.54, 1.807) is 0 Å². The average molecular weight is 264 g/mol. The van der Waals surface area contributed by atoms with Crippen molar-refractivity contribution in [1.29, 1.82) is 0 Å². The predicted octanol–water partition coefficient (Wildman–Crippen LogP) is 4.60. The largest absolute Gasteiger partial charge is 0.254 e. The fourth-order valence-electron chi connectivity index (χ4n) is 2.51. The number of H-pyrrole nitrogens is 1. The minimum absolute atomic E-state index is 1.10. The maximum absolute atomic E-state index is 3.89. The molecule has 0 fully saturated rings. The van der Waals surface area contributed by atoms with Gasteiger partial charge < -0.3 is 0 Å². The Hall–Kier alpha value is -0.790. The van der Waals surface area contributed by atoms with Gasteiger partial charge in [0.2, 0.25) is 0 Å². The van der Waals surface area contributed by atoms with Crippen LogP contribution in [0.4, 0.5) is 0 Å². The minimum Gasteiger partial charge on any atom is -0.248 e. The first kappa shape index (κ1) is 16.3. The summed E-state index contributed by atoms with van der Waals surface area (Å²) in [6, 6.07) is 0. The van der Waals surface area contributed by atoms with Crippen LogP contribution in [0.2, 0.25) is 0 Å². The molecule has 0 bridgehead atoms. The smallest absolute Gasteiger partial charge is 0.248 e. The van der Waals surface area contributed by atoms with E-state index in [4.69, 9.17) is 0 Å². The summed E-state index contributed by atoms with van der Waals surface area (Å²) in [5, 5.41) is 0. The van der Waals surface area contributed by atoms with Gasteiger partial charge in [0.15, 0.2) is 0 Å². The van der Waals surface area contributed by atoms with Crippen LogP contribution in [-0.4, -0.2) is 4.98 Å². The zero-order chi connectivity index (χ0) is 13.8. The van der Waals surface area contributed by atoms with Crippen LogP contribution in [0.15, 0.2) is 12.4 Å². The highest BCUT2D eigenvalue weighted by Crippen LogP contribution is 2.08. The van der Waals surface area contributed by atoms with Crippen molar-refractivity contribution < 1.29 is 4.57 Å². The third-order valence-corrected chi connectivity index (χ3v) is 3.77. The fourth-order valence-corrected chi connectivity index (χ4v) is 2.51. The van der Waals surface area contributed by atoms with E-state index in [-0.39, 0.29) is 0 Å². The molecule has 19 heavy (non-hydrogen) atoms. The molecule has 1 heterocycles. The van der Waals surface area contributed by atoms with Crippen LogP contribution in [0.25, 0.3) is 0 Å². The summed E-state index contributed by atoms with van der Waals surface area (Å²) in [6.07, 6.45) is 18.7. The SMILES string of the molecule is [CH2]CCCCCCCCC[n+]1cc[nH]c1CCCC. The van der Waals surface area contributed by atoms with E-state index in [1.165, 1.54) is 76.6 Å². The number of nitrogens with zero attached hydrogens (tertiary/aromatic N) is 1. The first-order chi connectivity index (χ1) is 9.38. The number of aryl methyl sites for hydroxylation is 2. The average Bonchev–Trinajstić information content (AvgIpc) is 2.87. The second-order valence-corrected chi connectivity index (χ2v) is 5.53. The zero-order valence-electron chi connectivity index (χ0n) is 12.8. The van der Waals surface area contributed by atoms with Crippen molar-refractivity contribution in [3.05, 3.63) is 25.1 Å². The van der Waals surface area contributed by atoms with Crippen molar-refractivity contribution in [2.75, 3.05) is 0 Å². The quantitative estimate of drug-likeness (QED) is 0.420. The Morgan fingerprint density at radius 2 is 1.68 bits per heavy atom. The van der Waals surface area contributed by atoms with E-state index in [9.17, 15) is 0 Å². The molecule has 0 aromatic carbocycles. The molecule has 1 N–H and O–H groups in total. The van der Waals surface area contributed by atoms with Gasteiger partial charge in [-0.25, -0.2) is 9.55 Å². The summed E-state index contributed by atoms with van der Waals surface area (Å²) < 4.78 is 2.40. The zero-order valence-corrected chi connectivity index (χ0v) is 12.8. The molecular formula is C17H32N2+. The molecule has 0 saturated carbocycles. The fraction of sp³-hybridized carbons (Fsp3) is 0.765. The van der Waals surface area contributed by atoms with Gasteiger partial charge in [-0.15, -0.1) is 0 Å². The topological polar surface area (TPSA) is 19.7 Å². The lowest BCUT2D eigenvalue weighted by molar-refractivity contribution is -0.703. The van der Waals surface area contributed by atoms with Crippen molar-refractivity contribution in [3.8, 4) is 0 Å². The van der Waals surface area contributed by atoms with Crippen molar-refractivity contribution in [2.45, 2.75) is 84.1 Å². The lowest BCUT2D eigenvalue weighted by Gasteiger charge is -2.02. The lowest BCUT2D eigenvalue weighted by atomic mass is 10.1. The molecule has 0 aliphatic heterocycles. The van der Waals surface area contributed by atoms with Gasteiger partial charge in [0.25, 0.3) is 5.82 Å². The molecule has 0 atom stereocenters. The number of nitrogens with one attached hydrogen (secondary N) is 1. The van der Waals surface area contributed by atoms with E-state index >= 15 is 0 Å². The van der Waals surface area contributed by atoms with Gasteiger partial charge in [0, 0.05) is 6.42 Å². The maximum Gasteiger partial charge on any atom is 0.254 e. The third kappa shape index (κ3) is 7.39. The van der Waals surface area contributed by atoms with Gasteiger partial charge in [-0.05, 0) is 19.3 Å². The molecule has 1 aromatic heterocycles. The van der Waals surface area contributed by atoms with E-state index in [0.29, 0.717) is 0 Å². The summed E-state index contributed by atoms with van der Waals surface area (Å²) in [7, 11) is 0. The molecule has 2 nitrogen and oxygen atoms in total. The molecule has 0 spiro atoms. The van der Waals surface area contributed by atoms with Crippen molar-refractivity contribution >= 4 is 0 Å². The Morgan fingerprint density at radius 1 is 1.00 bits per heavy atom. The van der Waals surface area contributed by atoms with Crippen molar-refractivity contribution in [1.82, 2.24) is 4.98 Å². The first-order valence-electron chi connectivity index (χ1n) is 8.23. The number of hydrogen-bond donors (Lipinski definition) is 1. The number of hydrogen-bond acceptors (Lipinski definition) is 0. The summed E-state index contributed by atoms with van der Waals surface area (Å²) >= 11 is 0. The van der Waals surface area contributed by atoms with Crippen LogP contribution in [0, 0.1) is 6.92 Å². The number of aromatic nitrogens is 2. The number of rotatable bonds is 12. The third-order valence-electron chi connectivity index (χ3n) is 3.77. The Labute approximate surface area is 119 Å². The highest BCUT2D eigenvalue weighted by molar-refractivity contribution is 4.77. The van der Waals surface area contributed by atoms with Crippen LogP contribution in [-0.2, 0) is 13.0 Å². The monoisotopic (exact) mass is 264 g/mol. The molecule has 1 rings (SSSR count). The normalized spacial score (nSPS) is 11.1. The number of aromatic amines is 1. The van der Waals surface area contributed by atoms with E-state index in [1.807, 2.05) is 0 Å². The Bertz CT molecular complexity index is 304. The number of imidazole rings is 1. The summed E-state index contributed by atoms with van der Waals surface area (Å²) in [5.74, 6) is 1.40. The van der Waals surface area contributed by atoms with Gasteiger partial charge in [0.1, 0.15) is 12.4 Å². The van der Waals surface area contributed by atoms with E-state index < -0.39 is 0 Å². The van der Waals surface area contributed by atoms with Gasteiger partial charge in [-0.1, -0.05) is 58.8 Å². The molecule has 2 heteroatoms.